The van der Waals surface area contributed by atoms with Crippen LogP contribution in [-0.4, -0.2) is 46.9 Å². The van der Waals surface area contributed by atoms with Crippen molar-refractivity contribution in [3.8, 4) is 0 Å². The minimum absolute atomic E-state index is 0.0669. The number of likely N-dealkylation sites (tertiary alicyclic amines) is 1. The highest BCUT2D eigenvalue weighted by Gasteiger charge is 2.26. The van der Waals surface area contributed by atoms with Crippen LogP contribution in [0.5, 0.6) is 0 Å². The molecule has 2 aromatic carbocycles. The summed E-state index contributed by atoms with van der Waals surface area (Å²) < 4.78 is 0. The molecule has 1 N–H and O–H groups in total. The number of benzene rings is 2. The molecule has 5 heteroatoms. The largest absolute Gasteiger partial charge is 0.339 e. The minimum Gasteiger partial charge on any atom is -0.339 e. The Kier molecular flexibility index (Phi) is 5.26. The van der Waals surface area contributed by atoms with Crippen LogP contribution in [0.4, 0.5) is 0 Å². The van der Waals surface area contributed by atoms with Crippen LogP contribution in [0.3, 0.4) is 0 Å². The van der Waals surface area contributed by atoms with Crippen LogP contribution in [0.25, 0.3) is 10.9 Å². The molecule has 0 aliphatic carbocycles. The van der Waals surface area contributed by atoms with Crippen molar-refractivity contribution in [3.05, 3.63) is 82.1 Å². The molecule has 0 unspecified atom stereocenters. The predicted molar refractivity (Wildman–Crippen MR) is 111 cm³/mol. The van der Waals surface area contributed by atoms with Gasteiger partial charge in [0, 0.05) is 42.8 Å². The van der Waals surface area contributed by atoms with E-state index in [1.165, 1.54) is 11.6 Å². The van der Waals surface area contributed by atoms with E-state index in [4.69, 9.17) is 0 Å². The van der Waals surface area contributed by atoms with E-state index in [0.717, 1.165) is 43.4 Å². The van der Waals surface area contributed by atoms with Gasteiger partial charge in [0.05, 0.1) is 0 Å². The van der Waals surface area contributed by atoms with Gasteiger partial charge in [0.25, 0.3) is 5.91 Å². The van der Waals surface area contributed by atoms with Gasteiger partial charge in [-0.15, -0.1) is 0 Å². The maximum atomic E-state index is 12.9. The van der Waals surface area contributed by atoms with Crippen molar-refractivity contribution in [1.29, 1.82) is 0 Å². The highest BCUT2D eigenvalue weighted by atomic mass is 16.2. The Morgan fingerprint density at radius 1 is 1.07 bits per heavy atom. The molecule has 0 radical (unpaired) electrons. The molecule has 28 heavy (non-hydrogen) atoms. The Balaban J connectivity index is 1.38. The van der Waals surface area contributed by atoms with Gasteiger partial charge in [-0.1, -0.05) is 30.3 Å². The van der Waals surface area contributed by atoms with Gasteiger partial charge >= 0.3 is 0 Å². The molecule has 0 atom stereocenters. The molecule has 0 bridgehead atoms. The fourth-order valence-corrected chi connectivity index (χ4v) is 3.98. The lowest BCUT2D eigenvalue weighted by Crippen LogP contribution is -2.45. The third-order valence-electron chi connectivity index (χ3n) is 5.62. The van der Waals surface area contributed by atoms with Gasteiger partial charge < -0.3 is 9.88 Å². The molecule has 144 valence electrons. The highest BCUT2D eigenvalue weighted by Crippen LogP contribution is 2.20. The van der Waals surface area contributed by atoms with Crippen molar-refractivity contribution in [2.45, 2.75) is 25.4 Å². The smallest absolute Gasteiger partial charge is 0.253 e. The maximum Gasteiger partial charge on any atom is 0.253 e. The van der Waals surface area contributed by atoms with Crippen LogP contribution >= 0.6 is 0 Å². The number of fused-ring (bicyclic) bond motifs is 1. The number of carbonyl (C=O) groups excluding carboxylic acids is 1. The first-order chi connectivity index (χ1) is 13.6. The number of nitrogens with one attached hydrogen (secondary N) is 1. The fourth-order valence-electron chi connectivity index (χ4n) is 3.98. The van der Waals surface area contributed by atoms with Crippen molar-refractivity contribution < 1.29 is 4.79 Å². The van der Waals surface area contributed by atoms with Crippen LogP contribution in [0.15, 0.2) is 65.5 Å². The molecule has 1 aliphatic rings. The quantitative estimate of drug-likeness (QED) is 0.761. The number of pyridine rings is 1. The number of nitrogens with zero attached hydrogens (tertiary/aromatic N) is 2. The lowest BCUT2D eigenvalue weighted by Gasteiger charge is -2.37. The summed E-state index contributed by atoms with van der Waals surface area (Å²) in [5, 5.41) is 0.878. The summed E-state index contributed by atoms with van der Waals surface area (Å²) in [4.78, 5) is 31.5. The Labute approximate surface area is 164 Å². The average Bonchev–Trinajstić information content (AvgIpc) is 2.73. The second-order valence-corrected chi connectivity index (χ2v) is 7.55. The zero-order chi connectivity index (χ0) is 19.5. The summed E-state index contributed by atoms with van der Waals surface area (Å²) in [6, 6.07) is 19.7. The van der Waals surface area contributed by atoms with Gasteiger partial charge in [-0.2, -0.15) is 0 Å². The van der Waals surface area contributed by atoms with Crippen LogP contribution in [0.2, 0.25) is 0 Å². The molecular weight excluding hydrogens is 350 g/mol. The number of aromatic nitrogens is 1. The maximum absolute atomic E-state index is 12.9. The molecule has 4 rings (SSSR count). The number of aromatic amines is 1. The predicted octanol–water partition coefficient (Wildman–Crippen LogP) is 3.26. The molecule has 3 aromatic rings. The van der Waals surface area contributed by atoms with E-state index in [9.17, 15) is 9.59 Å². The fraction of sp³-hybridized carbons (Fsp3) is 0.304. The molecular formula is C23H25N3O2. The summed E-state index contributed by atoms with van der Waals surface area (Å²) in [6.45, 7) is 2.47. The third-order valence-corrected chi connectivity index (χ3v) is 5.62. The number of hydrogen-bond acceptors (Lipinski definition) is 3. The molecule has 2 heterocycles. The molecule has 0 spiro atoms. The standard InChI is InChI=1S/C23H25N3O2/c1-25(16-17-5-3-2-4-6-17)20-11-13-26(14-12-20)23(28)19-7-9-21-18(15-19)8-10-22(27)24-21/h2-10,15,20H,11-14,16H2,1H3,(H,24,27). The van der Waals surface area contributed by atoms with E-state index in [2.05, 4.69) is 41.2 Å². The number of amides is 1. The molecule has 1 saturated heterocycles. The first kappa shape index (κ1) is 18.4. The van der Waals surface area contributed by atoms with Crippen LogP contribution in [0, 0.1) is 0 Å². The van der Waals surface area contributed by atoms with Crippen LogP contribution < -0.4 is 5.56 Å². The number of hydrogen-bond donors (Lipinski definition) is 1. The minimum atomic E-state index is -0.131. The van der Waals surface area contributed by atoms with Gasteiger partial charge in [0.15, 0.2) is 0 Å². The average molecular weight is 375 g/mol. The Morgan fingerprint density at radius 3 is 2.57 bits per heavy atom. The van der Waals surface area contributed by atoms with Gasteiger partial charge in [0.2, 0.25) is 5.56 Å². The Morgan fingerprint density at radius 2 is 1.82 bits per heavy atom. The SMILES string of the molecule is CN(Cc1ccccc1)C1CCN(C(=O)c2ccc3[nH]c(=O)ccc3c2)CC1. The molecule has 5 nitrogen and oxygen atoms in total. The number of carbonyl (C=O) groups is 1. The number of H-pyrrole nitrogens is 1. The summed E-state index contributed by atoms with van der Waals surface area (Å²) >= 11 is 0. The monoisotopic (exact) mass is 375 g/mol. The summed E-state index contributed by atoms with van der Waals surface area (Å²) in [5.41, 5.74) is 2.62. The van der Waals surface area contributed by atoms with Gasteiger partial charge in [-0.05, 0) is 55.1 Å². The van der Waals surface area contributed by atoms with E-state index < -0.39 is 0 Å². The summed E-state index contributed by atoms with van der Waals surface area (Å²) in [5.74, 6) is 0.0669. The second kappa shape index (κ2) is 7.98. The molecule has 1 fully saturated rings. The molecule has 1 aromatic heterocycles. The van der Waals surface area contributed by atoms with Crippen molar-refractivity contribution >= 4 is 16.8 Å². The molecule has 0 saturated carbocycles. The first-order valence-electron chi connectivity index (χ1n) is 9.77. The van der Waals surface area contributed by atoms with Crippen molar-refractivity contribution in [2.75, 3.05) is 20.1 Å². The van der Waals surface area contributed by atoms with E-state index in [1.807, 2.05) is 23.1 Å². The van der Waals surface area contributed by atoms with Crippen molar-refractivity contribution in [3.63, 3.8) is 0 Å². The highest BCUT2D eigenvalue weighted by molar-refractivity contribution is 5.98. The summed E-state index contributed by atoms with van der Waals surface area (Å²) in [7, 11) is 2.17. The van der Waals surface area contributed by atoms with E-state index in [1.54, 1.807) is 12.1 Å². The van der Waals surface area contributed by atoms with Crippen LogP contribution in [-0.2, 0) is 6.54 Å². The zero-order valence-corrected chi connectivity index (χ0v) is 16.1. The molecule has 1 amide bonds. The number of piperidine rings is 1. The zero-order valence-electron chi connectivity index (χ0n) is 16.1. The van der Waals surface area contributed by atoms with Crippen molar-refractivity contribution in [2.24, 2.45) is 0 Å². The van der Waals surface area contributed by atoms with E-state index >= 15 is 0 Å². The Bertz CT molecular complexity index is 1020. The Hall–Kier alpha value is -2.92. The van der Waals surface area contributed by atoms with Crippen molar-refractivity contribution in [1.82, 2.24) is 14.8 Å². The van der Waals surface area contributed by atoms with E-state index in [0.29, 0.717) is 11.6 Å². The number of rotatable bonds is 4. The first-order valence-corrected chi connectivity index (χ1v) is 9.77. The topological polar surface area (TPSA) is 56.4 Å². The lowest BCUT2D eigenvalue weighted by atomic mass is 10.0. The summed E-state index contributed by atoms with van der Waals surface area (Å²) in [6.07, 6.45) is 1.96. The van der Waals surface area contributed by atoms with Crippen LogP contribution in [0.1, 0.15) is 28.8 Å². The third kappa shape index (κ3) is 3.99. The van der Waals surface area contributed by atoms with Gasteiger partial charge in [-0.3, -0.25) is 14.5 Å². The van der Waals surface area contributed by atoms with Gasteiger partial charge in [-0.25, -0.2) is 0 Å². The van der Waals surface area contributed by atoms with Gasteiger partial charge in [0.1, 0.15) is 0 Å². The molecule has 1 aliphatic heterocycles. The second-order valence-electron chi connectivity index (χ2n) is 7.55. The lowest BCUT2D eigenvalue weighted by molar-refractivity contribution is 0.0639. The normalized spacial score (nSPS) is 15.3. The van der Waals surface area contributed by atoms with E-state index in [-0.39, 0.29) is 11.5 Å².